The molecule has 2 aliphatic rings. The minimum absolute atomic E-state index is 0.0744. The number of halogens is 1. The Morgan fingerprint density at radius 3 is 2.55 bits per heavy atom. The molecular formula is C24H29FN4OS. The van der Waals surface area contributed by atoms with Crippen LogP contribution in [0.25, 0.3) is 4.96 Å². The molecule has 1 aromatic carbocycles. The van der Waals surface area contributed by atoms with Gasteiger partial charge < -0.3 is 4.90 Å². The predicted octanol–water partition coefficient (Wildman–Crippen LogP) is 5.28. The number of hydrogen-bond donors (Lipinski definition) is 0. The van der Waals surface area contributed by atoms with Gasteiger partial charge in [0.25, 0.3) is 5.91 Å². The molecule has 0 N–H and O–H groups in total. The number of rotatable bonds is 4. The lowest BCUT2D eigenvalue weighted by Crippen LogP contribution is -2.35. The summed E-state index contributed by atoms with van der Waals surface area (Å²) in [5.41, 5.74) is 2.73. The van der Waals surface area contributed by atoms with E-state index in [0.29, 0.717) is 12.2 Å². The Balaban J connectivity index is 1.43. The van der Waals surface area contributed by atoms with Crippen molar-refractivity contribution in [3.05, 3.63) is 58.6 Å². The summed E-state index contributed by atoms with van der Waals surface area (Å²) < 4.78 is 15.5. The van der Waals surface area contributed by atoms with Crippen LogP contribution in [0.2, 0.25) is 0 Å². The third kappa shape index (κ3) is 4.26. The van der Waals surface area contributed by atoms with E-state index in [9.17, 15) is 9.18 Å². The monoisotopic (exact) mass is 440 g/mol. The zero-order chi connectivity index (χ0) is 21.2. The Kier molecular flexibility index (Phi) is 6.05. The average Bonchev–Trinajstić information content (AvgIpc) is 3.46. The van der Waals surface area contributed by atoms with Crippen LogP contribution in [-0.2, 0) is 6.54 Å². The number of thiazole rings is 1. The number of carbonyl (C=O) groups excluding carboxylic acids is 1. The van der Waals surface area contributed by atoms with Crippen LogP contribution in [0.4, 0.5) is 4.39 Å². The second kappa shape index (κ2) is 9.09. The van der Waals surface area contributed by atoms with Crippen molar-refractivity contribution in [2.24, 2.45) is 0 Å². The minimum Gasteiger partial charge on any atom is -0.337 e. The summed E-state index contributed by atoms with van der Waals surface area (Å²) >= 11 is 1.57. The Morgan fingerprint density at radius 2 is 1.77 bits per heavy atom. The lowest BCUT2D eigenvalue weighted by molar-refractivity contribution is 0.0734. The average molecular weight is 441 g/mol. The molecule has 0 aliphatic carbocycles. The van der Waals surface area contributed by atoms with E-state index in [1.165, 1.54) is 19.3 Å². The Bertz CT molecular complexity index is 1040. The first kappa shape index (κ1) is 20.6. The molecule has 0 radical (unpaired) electrons. The summed E-state index contributed by atoms with van der Waals surface area (Å²) in [5.74, 6) is -0.129. The summed E-state index contributed by atoms with van der Waals surface area (Å²) in [5, 5.41) is 2.03. The van der Waals surface area contributed by atoms with Crippen molar-refractivity contribution in [2.75, 3.05) is 19.6 Å². The molecule has 31 heavy (non-hydrogen) atoms. The van der Waals surface area contributed by atoms with Crippen LogP contribution < -0.4 is 0 Å². The summed E-state index contributed by atoms with van der Waals surface area (Å²) in [7, 11) is 0. The highest BCUT2D eigenvalue weighted by Gasteiger charge is 2.31. The molecule has 1 unspecified atom stereocenters. The minimum atomic E-state index is -0.204. The second-order valence-electron chi connectivity index (χ2n) is 8.70. The van der Waals surface area contributed by atoms with Crippen LogP contribution in [0.5, 0.6) is 0 Å². The number of nitrogens with zero attached hydrogens (tertiary/aromatic N) is 4. The number of fused-ring (bicyclic) bond motifs is 1. The van der Waals surface area contributed by atoms with Crippen LogP contribution in [0.3, 0.4) is 0 Å². The second-order valence-corrected chi connectivity index (χ2v) is 9.58. The zero-order valence-electron chi connectivity index (χ0n) is 17.8. The highest BCUT2D eigenvalue weighted by Crippen LogP contribution is 2.34. The van der Waals surface area contributed by atoms with Gasteiger partial charge in [-0.25, -0.2) is 9.37 Å². The van der Waals surface area contributed by atoms with E-state index < -0.39 is 0 Å². The lowest BCUT2D eigenvalue weighted by atomic mass is 10.0. The van der Waals surface area contributed by atoms with Crippen molar-refractivity contribution >= 4 is 22.2 Å². The standard InChI is InChI=1S/C24H29FN4OS/c25-19-10-8-18(9-11-19)20-7-6-14-28(20)17-21-22(26-24-29(21)15-16-31-24)23(30)27-12-4-2-1-3-5-13-27/h8-11,15-16,20H,1-7,12-14,17H2. The van der Waals surface area contributed by atoms with Crippen molar-refractivity contribution in [3.8, 4) is 0 Å². The summed E-state index contributed by atoms with van der Waals surface area (Å²) in [6.07, 6.45) is 9.98. The number of amides is 1. The van der Waals surface area contributed by atoms with Crippen LogP contribution in [0.15, 0.2) is 35.8 Å². The molecule has 2 aliphatic heterocycles. The first-order valence-electron chi connectivity index (χ1n) is 11.4. The molecule has 0 spiro atoms. The maximum absolute atomic E-state index is 13.5. The van der Waals surface area contributed by atoms with Crippen LogP contribution >= 0.6 is 11.3 Å². The van der Waals surface area contributed by atoms with E-state index in [-0.39, 0.29) is 17.8 Å². The van der Waals surface area contributed by atoms with Crippen molar-refractivity contribution in [1.82, 2.24) is 19.2 Å². The maximum Gasteiger partial charge on any atom is 0.274 e. The largest absolute Gasteiger partial charge is 0.337 e. The summed E-state index contributed by atoms with van der Waals surface area (Å²) in [6, 6.07) is 7.11. The van der Waals surface area contributed by atoms with Gasteiger partial charge in [0.1, 0.15) is 5.82 Å². The third-order valence-corrected chi connectivity index (χ3v) is 7.43. The van der Waals surface area contributed by atoms with E-state index in [2.05, 4.69) is 9.30 Å². The molecular weight excluding hydrogens is 411 g/mol. The quantitative estimate of drug-likeness (QED) is 0.554. The van der Waals surface area contributed by atoms with Gasteiger partial charge in [-0.15, -0.1) is 11.3 Å². The van der Waals surface area contributed by atoms with Gasteiger partial charge in [-0.05, 0) is 49.9 Å². The van der Waals surface area contributed by atoms with Crippen LogP contribution in [-0.4, -0.2) is 44.7 Å². The van der Waals surface area contributed by atoms with Crippen molar-refractivity contribution in [3.63, 3.8) is 0 Å². The highest BCUT2D eigenvalue weighted by molar-refractivity contribution is 7.15. The van der Waals surface area contributed by atoms with Gasteiger partial charge in [0.15, 0.2) is 10.7 Å². The smallest absolute Gasteiger partial charge is 0.274 e. The molecule has 5 rings (SSSR count). The molecule has 1 amide bonds. The predicted molar refractivity (Wildman–Crippen MR) is 121 cm³/mol. The molecule has 0 bridgehead atoms. The molecule has 2 fully saturated rings. The van der Waals surface area contributed by atoms with E-state index >= 15 is 0 Å². The zero-order valence-corrected chi connectivity index (χ0v) is 18.6. The van der Waals surface area contributed by atoms with Gasteiger partial charge in [-0.2, -0.15) is 0 Å². The Labute approximate surface area is 186 Å². The fraction of sp³-hybridized carbons (Fsp3) is 0.500. The molecule has 5 nitrogen and oxygen atoms in total. The topological polar surface area (TPSA) is 40.9 Å². The molecule has 3 aromatic rings. The van der Waals surface area contributed by atoms with Crippen LogP contribution in [0.1, 0.15) is 72.7 Å². The van der Waals surface area contributed by atoms with E-state index in [0.717, 1.165) is 61.5 Å². The summed E-state index contributed by atoms with van der Waals surface area (Å²) in [4.78, 5) is 23.6. The maximum atomic E-state index is 13.5. The molecule has 4 heterocycles. The SMILES string of the molecule is O=C(c1nc2sccn2c1CN1CCCC1c1ccc(F)cc1)N1CCCCCCC1. The summed E-state index contributed by atoms with van der Waals surface area (Å²) in [6.45, 7) is 3.29. The fourth-order valence-electron chi connectivity index (χ4n) is 5.03. The van der Waals surface area contributed by atoms with Gasteiger partial charge in [0.05, 0.1) is 5.69 Å². The van der Waals surface area contributed by atoms with E-state index in [4.69, 9.17) is 4.98 Å². The number of carbonyl (C=O) groups is 1. The molecule has 7 heteroatoms. The van der Waals surface area contributed by atoms with Gasteiger partial charge in [0, 0.05) is 37.3 Å². The first-order chi connectivity index (χ1) is 15.2. The molecule has 0 saturated carbocycles. The number of imidazole rings is 1. The number of benzene rings is 1. The number of aromatic nitrogens is 2. The molecule has 2 aromatic heterocycles. The number of hydrogen-bond acceptors (Lipinski definition) is 4. The van der Waals surface area contributed by atoms with Crippen molar-refractivity contribution in [2.45, 2.75) is 57.5 Å². The van der Waals surface area contributed by atoms with Gasteiger partial charge in [-0.3, -0.25) is 14.1 Å². The Morgan fingerprint density at radius 1 is 1.03 bits per heavy atom. The van der Waals surface area contributed by atoms with Gasteiger partial charge in [0.2, 0.25) is 0 Å². The van der Waals surface area contributed by atoms with Crippen molar-refractivity contribution in [1.29, 1.82) is 0 Å². The molecule has 1 atom stereocenters. The third-order valence-electron chi connectivity index (χ3n) is 6.68. The fourth-order valence-corrected chi connectivity index (χ4v) is 5.76. The van der Waals surface area contributed by atoms with Gasteiger partial charge >= 0.3 is 0 Å². The van der Waals surface area contributed by atoms with E-state index in [1.54, 1.807) is 23.5 Å². The molecule has 2 saturated heterocycles. The number of likely N-dealkylation sites (tertiary alicyclic amines) is 2. The van der Waals surface area contributed by atoms with Crippen LogP contribution in [0, 0.1) is 5.82 Å². The van der Waals surface area contributed by atoms with Crippen molar-refractivity contribution < 1.29 is 9.18 Å². The Hall–Kier alpha value is -2.25. The van der Waals surface area contributed by atoms with E-state index in [1.807, 2.05) is 28.6 Å². The normalized spacial score (nSPS) is 20.8. The first-order valence-corrected chi connectivity index (χ1v) is 12.3. The molecule has 164 valence electrons. The highest BCUT2D eigenvalue weighted by atomic mass is 32.1. The lowest BCUT2D eigenvalue weighted by Gasteiger charge is -2.27. The van der Waals surface area contributed by atoms with Gasteiger partial charge in [-0.1, -0.05) is 31.4 Å².